The highest BCUT2D eigenvalue weighted by Crippen LogP contribution is 2.39. The molecule has 4 nitrogen and oxygen atoms in total. The molecule has 2 atom stereocenters. The van der Waals surface area contributed by atoms with Crippen molar-refractivity contribution in [2.45, 2.75) is 44.6 Å². The summed E-state index contributed by atoms with van der Waals surface area (Å²) in [6.45, 7) is 1.01. The van der Waals surface area contributed by atoms with Crippen LogP contribution in [0.25, 0.3) is 0 Å². The molecule has 1 saturated carbocycles. The van der Waals surface area contributed by atoms with Gasteiger partial charge in [-0.2, -0.15) is 0 Å². The van der Waals surface area contributed by atoms with Crippen LogP contribution in [0.2, 0.25) is 5.02 Å². The first-order valence-electron chi connectivity index (χ1n) is 7.44. The normalized spacial score (nSPS) is 26.1. The van der Waals surface area contributed by atoms with Gasteiger partial charge in [0.25, 0.3) is 0 Å². The maximum atomic E-state index is 7.62. The second-order valence-electron chi connectivity index (χ2n) is 5.86. The van der Waals surface area contributed by atoms with Gasteiger partial charge in [-0.3, -0.25) is 5.41 Å². The Morgan fingerprint density at radius 2 is 2.05 bits per heavy atom. The second-order valence-corrected chi connectivity index (χ2v) is 6.24. The summed E-state index contributed by atoms with van der Waals surface area (Å²) in [5.74, 6) is 1.60. The van der Waals surface area contributed by atoms with Gasteiger partial charge in [-0.25, -0.2) is 4.98 Å². The lowest BCUT2D eigenvalue weighted by Gasteiger charge is -2.45. The first-order chi connectivity index (χ1) is 9.68. The molecule has 0 spiro atoms. The Balaban J connectivity index is 1.95. The number of halogens is 1. The summed E-state index contributed by atoms with van der Waals surface area (Å²) in [5.41, 5.74) is 6.19. The lowest BCUT2D eigenvalue weighted by Crippen LogP contribution is -2.47. The highest BCUT2D eigenvalue weighted by Gasteiger charge is 2.34. The fourth-order valence-electron chi connectivity index (χ4n) is 3.73. The average Bonchev–Trinajstić information content (AvgIpc) is 2.47. The number of anilines is 1. The van der Waals surface area contributed by atoms with Gasteiger partial charge in [0.15, 0.2) is 0 Å². The quantitative estimate of drug-likeness (QED) is 0.650. The van der Waals surface area contributed by atoms with Crippen LogP contribution in [-0.4, -0.2) is 23.4 Å². The Bertz CT molecular complexity index is 515. The molecule has 1 aromatic rings. The van der Waals surface area contributed by atoms with Crippen LogP contribution in [0, 0.1) is 11.3 Å². The van der Waals surface area contributed by atoms with Crippen LogP contribution in [0.15, 0.2) is 12.3 Å². The van der Waals surface area contributed by atoms with E-state index in [0.29, 0.717) is 16.6 Å². The van der Waals surface area contributed by atoms with Gasteiger partial charge in [-0.1, -0.05) is 24.4 Å². The SMILES string of the molecule is N=C(N)c1ccnc(N2CCCC3CCCCC32)c1Cl. The smallest absolute Gasteiger partial charge is 0.148 e. The van der Waals surface area contributed by atoms with Crippen molar-refractivity contribution in [1.29, 1.82) is 5.41 Å². The summed E-state index contributed by atoms with van der Waals surface area (Å²) in [4.78, 5) is 6.84. The molecule has 1 saturated heterocycles. The minimum absolute atomic E-state index is 0.0100. The van der Waals surface area contributed by atoms with E-state index in [0.717, 1.165) is 18.3 Å². The third kappa shape index (κ3) is 2.37. The number of nitrogens with one attached hydrogen (secondary N) is 1. The standard InChI is InChI=1S/C15H21ClN4/c16-13-11(14(17)18)7-8-19-15(13)20-9-3-5-10-4-1-2-6-12(10)20/h7-8,10,12H,1-6,9H2,(H3,17,18). The number of aromatic nitrogens is 1. The Hall–Kier alpha value is -1.29. The molecule has 108 valence electrons. The van der Waals surface area contributed by atoms with Crippen molar-refractivity contribution in [2.24, 2.45) is 11.7 Å². The monoisotopic (exact) mass is 292 g/mol. The molecule has 0 bridgehead atoms. The zero-order chi connectivity index (χ0) is 14.1. The molecule has 3 N–H and O–H groups in total. The van der Waals surface area contributed by atoms with Crippen LogP contribution in [-0.2, 0) is 0 Å². The van der Waals surface area contributed by atoms with Crippen LogP contribution in [0.3, 0.4) is 0 Å². The predicted octanol–water partition coefficient (Wildman–Crippen LogP) is 3.18. The Kier molecular flexibility index (Phi) is 3.83. The van der Waals surface area contributed by atoms with Gasteiger partial charge < -0.3 is 10.6 Å². The van der Waals surface area contributed by atoms with Gasteiger partial charge >= 0.3 is 0 Å². The lowest BCUT2D eigenvalue weighted by molar-refractivity contribution is 0.243. The van der Waals surface area contributed by atoms with Crippen molar-refractivity contribution >= 4 is 23.3 Å². The number of rotatable bonds is 2. The van der Waals surface area contributed by atoms with Gasteiger partial charge in [0.05, 0.1) is 5.02 Å². The van der Waals surface area contributed by atoms with E-state index in [1.807, 2.05) is 0 Å². The topological polar surface area (TPSA) is 66.0 Å². The molecule has 5 heteroatoms. The predicted molar refractivity (Wildman–Crippen MR) is 82.6 cm³/mol. The van der Waals surface area contributed by atoms with Crippen molar-refractivity contribution in [3.05, 3.63) is 22.8 Å². The number of nitrogens with two attached hydrogens (primary N) is 1. The molecule has 20 heavy (non-hydrogen) atoms. The molecule has 0 aromatic carbocycles. The Labute approximate surface area is 124 Å². The van der Waals surface area contributed by atoms with E-state index >= 15 is 0 Å². The van der Waals surface area contributed by atoms with Crippen LogP contribution < -0.4 is 10.6 Å². The lowest BCUT2D eigenvalue weighted by atomic mass is 9.78. The van der Waals surface area contributed by atoms with Gasteiger partial charge in [-0.05, 0) is 37.7 Å². The molecule has 2 aliphatic rings. The number of nitrogens with zero attached hydrogens (tertiary/aromatic N) is 2. The fourth-order valence-corrected chi connectivity index (χ4v) is 4.05. The maximum absolute atomic E-state index is 7.62. The molecule has 3 rings (SSSR count). The summed E-state index contributed by atoms with van der Waals surface area (Å²) in [6, 6.07) is 2.28. The molecule has 2 heterocycles. The summed E-state index contributed by atoms with van der Waals surface area (Å²) in [6.07, 6.45) is 9.43. The third-order valence-electron chi connectivity index (χ3n) is 4.68. The zero-order valence-electron chi connectivity index (χ0n) is 11.6. The molecule has 1 aliphatic heterocycles. The van der Waals surface area contributed by atoms with E-state index in [1.165, 1.54) is 38.5 Å². The van der Waals surface area contributed by atoms with E-state index in [-0.39, 0.29) is 5.84 Å². The summed E-state index contributed by atoms with van der Waals surface area (Å²) in [5, 5.41) is 8.15. The van der Waals surface area contributed by atoms with E-state index in [2.05, 4.69) is 9.88 Å². The van der Waals surface area contributed by atoms with E-state index in [9.17, 15) is 0 Å². The van der Waals surface area contributed by atoms with Crippen molar-refractivity contribution in [1.82, 2.24) is 4.98 Å². The number of hydrogen-bond donors (Lipinski definition) is 2. The van der Waals surface area contributed by atoms with Crippen LogP contribution in [0.5, 0.6) is 0 Å². The molecule has 2 unspecified atom stereocenters. The number of fused-ring (bicyclic) bond motifs is 1. The number of amidine groups is 1. The van der Waals surface area contributed by atoms with Crippen LogP contribution in [0.4, 0.5) is 5.82 Å². The first kappa shape index (κ1) is 13.7. The van der Waals surface area contributed by atoms with Gasteiger partial charge in [0.1, 0.15) is 11.7 Å². The molecule has 2 fully saturated rings. The fraction of sp³-hybridized carbons (Fsp3) is 0.600. The number of piperidine rings is 1. The zero-order valence-corrected chi connectivity index (χ0v) is 12.4. The first-order valence-corrected chi connectivity index (χ1v) is 7.82. The maximum Gasteiger partial charge on any atom is 0.148 e. The van der Waals surface area contributed by atoms with E-state index < -0.39 is 0 Å². The minimum atomic E-state index is 0.0100. The molecule has 0 radical (unpaired) electrons. The van der Waals surface area contributed by atoms with Crippen molar-refractivity contribution < 1.29 is 0 Å². The highest BCUT2D eigenvalue weighted by molar-refractivity contribution is 6.36. The minimum Gasteiger partial charge on any atom is -0.384 e. The molecule has 1 aliphatic carbocycles. The molecule has 1 aromatic heterocycles. The number of hydrogen-bond acceptors (Lipinski definition) is 3. The third-order valence-corrected chi connectivity index (χ3v) is 5.05. The molecular weight excluding hydrogens is 272 g/mol. The van der Waals surface area contributed by atoms with Gasteiger partial charge in [0.2, 0.25) is 0 Å². The largest absolute Gasteiger partial charge is 0.384 e. The Morgan fingerprint density at radius 3 is 2.85 bits per heavy atom. The van der Waals surface area contributed by atoms with E-state index in [4.69, 9.17) is 22.7 Å². The van der Waals surface area contributed by atoms with Crippen molar-refractivity contribution in [3.63, 3.8) is 0 Å². The summed E-state index contributed by atoms with van der Waals surface area (Å²) >= 11 is 6.44. The average molecular weight is 293 g/mol. The van der Waals surface area contributed by atoms with Gasteiger partial charge in [0, 0.05) is 24.3 Å². The number of pyridine rings is 1. The number of nitrogen functional groups attached to an aromatic ring is 1. The highest BCUT2D eigenvalue weighted by atomic mass is 35.5. The van der Waals surface area contributed by atoms with Crippen LogP contribution in [0.1, 0.15) is 44.1 Å². The summed E-state index contributed by atoms with van der Waals surface area (Å²) < 4.78 is 0. The molecule has 0 amide bonds. The van der Waals surface area contributed by atoms with Gasteiger partial charge in [-0.15, -0.1) is 0 Å². The summed E-state index contributed by atoms with van der Waals surface area (Å²) in [7, 11) is 0. The van der Waals surface area contributed by atoms with Crippen LogP contribution >= 0.6 is 11.6 Å². The van der Waals surface area contributed by atoms with Crippen molar-refractivity contribution in [3.8, 4) is 0 Å². The molecular formula is C15H21ClN4. The Morgan fingerprint density at radius 1 is 1.30 bits per heavy atom. The van der Waals surface area contributed by atoms with Crippen molar-refractivity contribution in [2.75, 3.05) is 11.4 Å². The van der Waals surface area contributed by atoms with E-state index in [1.54, 1.807) is 12.3 Å². The second kappa shape index (κ2) is 5.60.